The van der Waals surface area contributed by atoms with E-state index in [0.717, 1.165) is 72.6 Å². The van der Waals surface area contributed by atoms with Crippen LogP contribution < -0.4 is 10.2 Å². The largest absolute Gasteiger partial charge is 0.353 e. The first-order valence-electron chi connectivity index (χ1n) is 12.9. The first-order chi connectivity index (χ1) is 17.5. The van der Waals surface area contributed by atoms with Gasteiger partial charge in [0.1, 0.15) is 5.52 Å². The molecule has 186 valence electrons. The molecule has 5 rings (SSSR count). The number of carbonyl (C=O) groups excluding carboxylic acids is 1. The summed E-state index contributed by atoms with van der Waals surface area (Å²) >= 11 is 0. The van der Waals surface area contributed by atoms with Crippen LogP contribution in [0.3, 0.4) is 0 Å². The minimum Gasteiger partial charge on any atom is -0.353 e. The predicted molar refractivity (Wildman–Crippen MR) is 143 cm³/mol. The summed E-state index contributed by atoms with van der Waals surface area (Å²) in [6.07, 6.45) is 3.51. The molecule has 1 N–H and O–H groups in total. The van der Waals surface area contributed by atoms with Crippen LogP contribution in [0.4, 0.5) is 5.82 Å². The van der Waals surface area contributed by atoms with Crippen LogP contribution in [0.25, 0.3) is 16.6 Å². The van der Waals surface area contributed by atoms with Gasteiger partial charge in [0.05, 0.1) is 22.5 Å². The second-order valence-corrected chi connectivity index (χ2v) is 9.86. The van der Waals surface area contributed by atoms with Crippen LogP contribution in [0.5, 0.6) is 0 Å². The number of amides is 1. The Kier molecular flexibility index (Phi) is 6.98. The van der Waals surface area contributed by atoms with Crippen LogP contribution in [0.1, 0.15) is 43.1 Å². The number of fused-ring (bicyclic) bond motifs is 1. The zero-order valence-corrected chi connectivity index (χ0v) is 21.3. The summed E-state index contributed by atoms with van der Waals surface area (Å²) in [6.45, 7) is 7.69. The van der Waals surface area contributed by atoms with Gasteiger partial charge in [0.15, 0.2) is 5.82 Å². The maximum Gasteiger partial charge on any atom is 0.223 e. The van der Waals surface area contributed by atoms with Gasteiger partial charge in [-0.3, -0.25) is 4.79 Å². The topological polar surface area (TPSA) is 75.9 Å². The maximum atomic E-state index is 13.0. The smallest absolute Gasteiger partial charge is 0.223 e. The fourth-order valence-corrected chi connectivity index (χ4v) is 5.16. The molecule has 7 nitrogen and oxygen atoms in total. The number of anilines is 1. The molecule has 4 aromatic rings. The van der Waals surface area contributed by atoms with Crippen molar-refractivity contribution in [2.75, 3.05) is 18.0 Å². The van der Waals surface area contributed by atoms with Crippen molar-refractivity contribution in [3.8, 4) is 5.69 Å². The molecule has 1 aliphatic rings. The average molecular weight is 483 g/mol. The first kappa shape index (κ1) is 24.0. The highest BCUT2D eigenvalue weighted by Crippen LogP contribution is 2.31. The molecular weight excluding hydrogens is 448 g/mol. The lowest BCUT2D eigenvalue weighted by atomic mass is 9.95. The van der Waals surface area contributed by atoms with E-state index in [4.69, 9.17) is 5.10 Å². The summed E-state index contributed by atoms with van der Waals surface area (Å²) in [4.78, 5) is 15.2. The lowest BCUT2D eigenvalue weighted by Gasteiger charge is -2.32. The Morgan fingerprint density at radius 1 is 1.00 bits per heavy atom. The second-order valence-electron chi connectivity index (χ2n) is 9.86. The molecule has 1 unspecified atom stereocenters. The molecule has 1 aliphatic heterocycles. The number of hydrogen-bond acceptors (Lipinski definition) is 5. The van der Waals surface area contributed by atoms with Crippen molar-refractivity contribution in [1.82, 2.24) is 25.3 Å². The summed E-state index contributed by atoms with van der Waals surface area (Å²) in [6, 6.07) is 20.7. The number of para-hydroxylation sites is 1. The molecule has 0 saturated carbocycles. The third-order valence-corrected chi connectivity index (χ3v) is 7.25. The highest BCUT2D eigenvalue weighted by molar-refractivity contribution is 5.92. The summed E-state index contributed by atoms with van der Waals surface area (Å²) in [5.41, 5.74) is 5.15. The fourth-order valence-electron chi connectivity index (χ4n) is 5.16. The van der Waals surface area contributed by atoms with Crippen LogP contribution in [0, 0.1) is 19.8 Å². The van der Waals surface area contributed by atoms with E-state index in [0.29, 0.717) is 0 Å². The van der Waals surface area contributed by atoms with E-state index in [9.17, 15) is 4.79 Å². The SMILES string of the molecule is Cc1nnc(N2CCC(C(=O)NC(C)CCc3ccccc3)CC2)c2nn(-c3ccccc3)c(C)c12. The average Bonchev–Trinajstić information content (AvgIpc) is 3.27. The highest BCUT2D eigenvalue weighted by Gasteiger charge is 2.28. The molecule has 1 atom stereocenters. The third kappa shape index (κ3) is 4.96. The van der Waals surface area contributed by atoms with E-state index in [1.807, 2.05) is 35.9 Å². The molecule has 1 fully saturated rings. The Morgan fingerprint density at radius 2 is 1.67 bits per heavy atom. The van der Waals surface area contributed by atoms with Crippen molar-refractivity contribution < 1.29 is 4.79 Å². The van der Waals surface area contributed by atoms with Gasteiger partial charge >= 0.3 is 0 Å². The number of rotatable bonds is 7. The molecule has 0 radical (unpaired) electrons. The van der Waals surface area contributed by atoms with Crippen LogP contribution in [0.15, 0.2) is 60.7 Å². The summed E-state index contributed by atoms with van der Waals surface area (Å²) in [5.74, 6) is 1.00. The number of carbonyl (C=O) groups is 1. The van der Waals surface area contributed by atoms with Gasteiger partial charge < -0.3 is 10.2 Å². The van der Waals surface area contributed by atoms with Gasteiger partial charge in [-0.1, -0.05) is 48.5 Å². The number of nitrogens with one attached hydrogen (secondary N) is 1. The molecule has 1 amide bonds. The molecule has 0 aliphatic carbocycles. The summed E-state index contributed by atoms with van der Waals surface area (Å²) in [7, 11) is 0. The molecule has 0 bridgehead atoms. The number of aryl methyl sites for hydroxylation is 3. The normalized spacial score (nSPS) is 15.2. The fraction of sp³-hybridized carbons (Fsp3) is 0.379. The van der Waals surface area contributed by atoms with E-state index >= 15 is 0 Å². The predicted octanol–water partition coefficient (Wildman–Crippen LogP) is 4.79. The molecular formula is C29H34N6O. The Balaban J connectivity index is 1.24. The standard InChI is InChI=1S/C29H34N6O/c1-20(14-15-23-10-6-4-7-11-23)30-29(36)24-16-18-34(19-17-24)28-27-26(21(2)31-32-28)22(3)35(33-27)25-12-8-5-9-13-25/h4-13,20,24H,14-19H2,1-3H3,(H,30,36). The van der Waals surface area contributed by atoms with Gasteiger partial charge in [-0.2, -0.15) is 10.2 Å². The van der Waals surface area contributed by atoms with Crippen LogP contribution in [0.2, 0.25) is 0 Å². The van der Waals surface area contributed by atoms with Crippen molar-refractivity contribution in [1.29, 1.82) is 0 Å². The van der Waals surface area contributed by atoms with E-state index in [1.54, 1.807) is 0 Å². The zero-order valence-electron chi connectivity index (χ0n) is 21.3. The molecule has 36 heavy (non-hydrogen) atoms. The minimum absolute atomic E-state index is 0.0259. The lowest BCUT2D eigenvalue weighted by molar-refractivity contribution is -0.126. The highest BCUT2D eigenvalue weighted by atomic mass is 16.1. The first-order valence-corrected chi connectivity index (χ1v) is 12.9. The summed E-state index contributed by atoms with van der Waals surface area (Å²) in [5, 5.41) is 18.3. The second kappa shape index (κ2) is 10.5. The van der Waals surface area contributed by atoms with Crippen molar-refractivity contribution in [3.05, 3.63) is 77.6 Å². The van der Waals surface area contributed by atoms with Crippen molar-refractivity contribution >= 4 is 22.6 Å². The van der Waals surface area contributed by atoms with Gasteiger partial charge in [0.2, 0.25) is 5.91 Å². The van der Waals surface area contributed by atoms with Gasteiger partial charge in [-0.25, -0.2) is 4.68 Å². The molecule has 0 spiro atoms. The van der Waals surface area contributed by atoms with Crippen molar-refractivity contribution in [2.45, 2.75) is 52.5 Å². The number of piperidine rings is 1. The Bertz CT molecular complexity index is 1330. The van der Waals surface area contributed by atoms with Gasteiger partial charge in [0.25, 0.3) is 0 Å². The van der Waals surface area contributed by atoms with Crippen LogP contribution in [-0.2, 0) is 11.2 Å². The van der Waals surface area contributed by atoms with Crippen LogP contribution in [-0.4, -0.2) is 45.0 Å². The quantitative estimate of drug-likeness (QED) is 0.410. The maximum absolute atomic E-state index is 13.0. The van der Waals surface area contributed by atoms with E-state index in [2.05, 4.69) is 70.7 Å². The van der Waals surface area contributed by atoms with Gasteiger partial charge in [-0.15, -0.1) is 5.10 Å². The van der Waals surface area contributed by atoms with Crippen LogP contribution >= 0.6 is 0 Å². The Labute approximate surface area is 212 Å². The Hall–Kier alpha value is -3.74. The Morgan fingerprint density at radius 3 is 2.36 bits per heavy atom. The number of hydrogen-bond donors (Lipinski definition) is 1. The monoisotopic (exact) mass is 482 g/mol. The van der Waals surface area contributed by atoms with Crippen molar-refractivity contribution in [2.24, 2.45) is 5.92 Å². The number of benzene rings is 2. The molecule has 2 aromatic carbocycles. The molecule has 7 heteroatoms. The number of nitrogens with zero attached hydrogens (tertiary/aromatic N) is 5. The number of aromatic nitrogens is 4. The third-order valence-electron chi connectivity index (χ3n) is 7.25. The van der Waals surface area contributed by atoms with Gasteiger partial charge in [0, 0.05) is 25.0 Å². The molecule has 2 aromatic heterocycles. The lowest BCUT2D eigenvalue weighted by Crippen LogP contribution is -2.43. The zero-order chi connectivity index (χ0) is 25.1. The molecule has 3 heterocycles. The van der Waals surface area contributed by atoms with E-state index in [1.165, 1.54) is 5.56 Å². The summed E-state index contributed by atoms with van der Waals surface area (Å²) < 4.78 is 1.97. The van der Waals surface area contributed by atoms with E-state index < -0.39 is 0 Å². The van der Waals surface area contributed by atoms with E-state index in [-0.39, 0.29) is 17.9 Å². The van der Waals surface area contributed by atoms with Gasteiger partial charge in [-0.05, 0) is 64.2 Å². The minimum atomic E-state index is 0.0259. The van der Waals surface area contributed by atoms with Crippen molar-refractivity contribution in [3.63, 3.8) is 0 Å². The molecule has 1 saturated heterocycles.